The Balaban J connectivity index is 1.32. The number of hydrogen-bond acceptors (Lipinski definition) is 5. The Labute approximate surface area is 222 Å². The second kappa shape index (κ2) is 11.0. The topological polar surface area (TPSA) is 59.1 Å². The lowest BCUT2D eigenvalue weighted by Crippen LogP contribution is -2.48. The number of carbonyl (C=O) groups is 2. The van der Waals surface area contributed by atoms with Gasteiger partial charge in [-0.25, -0.2) is 0 Å². The molecule has 5 rings (SSSR count). The number of amides is 2. The quantitative estimate of drug-likeness (QED) is 0.365. The summed E-state index contributed by atoms with van der Waals surface area (Å²) in [6.07, 6.45) is 2.68. The van der Waals surface area contributed by atoms with Gasteiger partial charge in [-0.3, -0.25) is 9.59 Å². The van der Waals surface area contributed by atoms with Gasteiger partial charge in [-0.1, -0.05) is 32.0 Å². The van der Waals surface area contributed by atoms with Gasteiger partial charge in [0, 0.05) is 23.0 Å². The second-order valence-electron chi connectivity index (χ2n) is 10.1. The van der Waals surface area contributed by atoms with Crippen molar-refractivity contribution in [2.75, 3.05) is 26.8 Å². The van der Waals surface area contributed by atoms with E-state index in [0.717, 1.165) is 30.6 Å². The zero-order chi connectivity index (χ0) is 25.9. The monoisotopic (exact) mass is 518 g/mol. The number of methoxy groups -OCH3 is 1. The smallest absolute Gasteiger partial charge is 0.254 e. The molecule has 2 amide bonds. The highest BCUT2D eigenvalue weighted by Crippen LogP contribution is 2.35. The molecule has 1 aliphatic carbocycles. The fourth-order valence-corrected chi connectivity index (χ4v) is 5.84. The van der Waals surface area contributed by atoms with E-state index in [2.05, 4.69) is 37.4 Å². The van der Waals surface area contributed by atoms with Gasteiger partial charge in [-0.2, -0.15) is 0 Å². The number of ether oxygens (including phenoxy) is 2. The molecule has 6 nitrogen and oxygen atoms in total. The molecule has 1 saturated carbocycles. The predicted molar refractivity (Wildman–Crippen MR) is 146 cm³/mol. The molecule has 0 N–H and O–H groups in total. The lowest BCUT2D eigenvalue weighted by molar-refractivity contribution is -0.135. The number of benzene rings is 2. The van der Waals surface area contributed by atoms with Crippen molar-refractivity contribution in [2.45, 2.75) is 51.1 Å². The van der Waals surface area contributed by atoms with Crippen molar-refractivity contribution in [3.63, 3.8) is 0 Å². The van der Waals surface area contributed by atoms with Gasteiger partial charge in [-0.05, 0) is 78.1 Å². The maximum absolute atomic E-state index is 13.7. The summed E-state index contributed by atoms with van der Waals surface area (Å²) in [4.78, 5) is 32.1. The molecular weight excluding hydrogens is 484 g/mol. The largest absolute Gasteiger partial charge is 0.497 e. The van der Waals surface area contributed by atoms with Crippen molar-refractivity contribution < 1.29 is 19.1 Å². The number of hydrogen-bond donors (Lipinski definition) is 0. The first-order valence-electron chi connectivity index (χ1n) is 13.0. The highest BCUT2D eigenvalue weighted by molar-refractivity contribution is 7.10. The Morgan fingerprint density at radius 2 is 1.86 bits per heavy atom. The lowest BCUT2D eigenvalue weighted by atomic mass is 10.00. The third-order valence-corrected chi connectivity index (χ3v) is 8.24. The van der Waals surface area contributed by atoms with Crippen molar-refractivity contribution in [2.24, 2.45) is 0 Å². The van der Waals surface area contributed by atoms with Crippen LogP contribution in [0.25, 0.3) is 0 Å². The Bertz CT molecular complexity index is 1250. The minimum atomic E-state index is -0.180. The summed E-state index contributed by atoms with van der Waals surface area (Å²) in [5.74, 6) is 1.73. The maximum Gasteiger partial charge on any atom is 0.254 e. The molecule has 0 saturated heterocycles. The van der Waals surface area contributed by atoms with Crippen molar-refractivity contribution in [1.82, 2.24) is 9.80 Å². The first-order valence-corrected chi connectivity index (χ1v) is 13.9. The van der Waals surface area contributed by atoms with Gasteiger partial charge in [-0.15, -0.1) is 11.3 Å². The Hall–Kier alpha value is -3.32. The summed E-state index contributed by atoms with van der Waals surface area (Å²) in [5.41, 5.74) is 2.96. The minimum Gasteiger partial charge on any atom is -0.497 e. The summed E-state index contributed by atoms with van der Waals surface area (Å²) >= 11 is 1.73. The van der Waals surface area contributed by atoms with Crippen LogP contribution >= 0.6 is 11.3 Å². The summed E-state index contributed by atoms with van der Waals surface area (Å²) < 4.78 is 11.5. The van der Waals surface area contributed by atoms with Crippen LogP contribution in [0.3, 0.4) is 0 Å². The molecule has 2 aliphatic rings. The Morgan fingerprint density at radius 3 is 2.57 bits per heavy atom. The van der Waals surface area contributed by atoms with E-state index >= 15 is 0 Å². The van der Waals surface area contributed by atoms with Crippen LogP contribution in [0.15, 0.2) is 60.0 Å². The van der Waals surface area contributed by atoms with E-state index in [1.165, 1.54) is 10.4 Å². The molecule has 1 aromatic heterocycles. The third-order valence-electron chi connectivity index (χ3n) is 7.24. The average Bonchev–Trinajstić information content (AvgIpc) is 3.65. The van der Waals surface area contributed by atoms with Gasteiger partial charge in [0.15, 0.2) is 0 Å². The van der Waals surface area contributed by atoms with Crippen molar-refractivity contribution in [3.8, 4) is 11.5 Å². The molecule has 3 aromatic rings. The fourth-order valence-electron chi connectivity index (χ4n) is 4.91. The summed E-state index contributed by atoms with van der Waals surface area (Å²) in [6, 6.07) is 17.4. The number of rotatable bonds is 9. The van der Waals surface area contributed by atoms with Crippen molar-refractivity contribution >= 4 is 23.2 Å². The van der Waals surface area contributed by atoms with Gasteiger partial charge >= 0.3 is 0 Å². The molecule has 37 heavy (non-hydrogen) atoms. The Kier molecular flexibility index (Phi) is 7.51. The molecule has 1 fully saturated rings. The van der Waals surface area contributed by atoms with Gasteiger partial charge < -0.3 is 19.3 Å². The molecule has 2 aromatic carbocycles. The zero-order valence-electron chi connectivity index (χ0n) is 21.7. The lowest BCUT2D eigenvalue weighted by Gasteiger charge is -2.37. The fraction of sp³-hybridized carbons (Fsp3) is 0.400. The third kappa shape index (κ3) is 5.67. The highest BCUT2D eigenvalue weighted by Gasteiger charge is 2.38. The Morgan fingerprint density at radius 1 is 1.08 bits per heavy atom. The van der Waals surface area contributed by atoms with Crippen LogP contribution in [0.5, 0.6) is 11.5 Å². The average molecular weight is 519 g/mol. The SMILES string of the molecule is COc1cccc(C(=O)N(CC(=O)N2CCc3sccc3[C@H]2COc2ccc(C(C)C)cc2)C2CC2)c1. The number of fused-ring (bicyclic) bond motifs is 1. The number of nitrogens with zero attached hydrogens (tertiary/aromatic N) is 2. The summed E-state index contributed by atoms with van der Waals surface area (Å²) in [5, 5.41) is 2.09. The zero-order valence-corrected chi connectivity index (χ0v) is 22.5. The van der Waals surface area contributed by atoms with Gasteiger partial charge in [0.05, 0.1) is 13.2 Å². The predicted octanol–water partition coefficient (Wildman–Crippen LogP) is 5.69. The molecule has 0 spiro atoms. The maximum atomic E-state index is 13.7. The van der Waals surface area contributed by atoms with Crippen LogP contribution in [0.1, 0.15) is 65.0 Å². The summed E-state index contributed by atoms with van der Waals surface area (Å²) in [6.45, 7) is 5.41. The van der Waals surface area contributed by atoms with Gasteiger partial charge in [0.2, 0.25) is 5.91 Å². The van der Waals surface area contributed by atoms with Gasteiger partial charge in [0.25, 0.3) is 5.91 Å². The van der Waals surface area contributed by atoms with Crippen molar-refractivity contribution in [1.29, 1.82) is 0 Å². The normalized spacial score (nSPS) is 16.9. The van der Waals surface area contributed by atoms with Gasteiger partial charge in [0.1, 0.15) is 24.7 Å². The molecule has 0 unspecified atom stereocenters. The van der Waals surface area contributed by atoms with Crippen LogP contribution in [-0.2, 0) is 11.2 Å². The standard InChI is InChI=1S/C30H34N2O4S/c1-20(2)21-7-11-24(12-8-21)36-19-27-26-14-16-37-28(26)13-15-31(27)29(33)18-32(23-9-10-23)30(34)22-5-4-6-25(17-22)35-3/h4-8,11-12,14,16-17,20,23,27H,9-10,13,15,18-19H2,1-3H3/t27-/m1/s1. The van der Waals surface area contributed by atoms with E-state index in [4.69, 9.17) is 9.47 Å². The van der Waals surface area contributed by atoms with Crippen molar-refractivity contribution in [3.05, 3.63) is 81.5 Å². The first kappa shape index (κ1) is 25.3. The number of thiophene rings is 1. The summed E-state index contributed by atoms with van der Waals surface area (Å²) in [7, 11) is 1.59. The molecule has 0 radical (unpaired) electrons. The first-order chi connectivity index (χ1) is 17.9. The minimum absolute atomic E-state index is 0.0382. The number of carbonyl (C=O) groups excluding carboxylic acids is 2. The van der Waals surface area contributed by atoms with E-state index in [1.807, 2.05) is 29.2 Å². The van der Waals surface area contributed by atoms with E-state index in [0.29, 0.717) is 30.4 Å². The molecular formula is C30H34N2O4S. The van der Waals surface area contributed by atoms with Crippen LogP contribution in [-0.4, -0.2) is 54.5 Å². The van der Waals surface area contributed by atoms with E-state index in [1.54, 1.807) is 35.5 Å². The van der Waals surface area contributed by atoms with Crippen LogP contribution < -0.4 is 9.47 Å². The van der Waals surface area contributed by atoms with Crippen LogP contribution in [0, 0.1) is 0 Å². The van der Waals surface area contributed by atoms with E-state index in [-0.39, 0.29) is 30.4 Å². The molecule has 2 heterocycles. The highest BCUT2D eigenvalue weighted by atomic mass is 32.1. The molecule has 1 aliphatic heterocycles. The molecule has 1 atom stereocenters. The molecule has 7 heteroatoms. The second-order valence-corrected chi connectivity index (χ2v) is 11.1. The van der Waals surface area contributed by atoms with E-state index in [9.17, 15) is 9.59 Å². The van der Waals surface area contributed by atoms with Crippen LogP contribution in [0.4, 0.5) is 0 Å². The molecule has 194 valence electrons. The molecule has 0 bridgehead atoms. The van der Waals surface area contributed by atoms with Crippen LogP contribution in [0.2, 0.25) is 0 Å². The van der Waals surface area contributed by atoms with E-state index < -0.39 is 0 Å².